The summed E-state index contributed by atoms with van der Waals surface area (Å²) in [6, 6.07) is 0. The average molecular weight is 268 g/mol. The molecular weight excluding hydrogens is 252 g/mol. The summed E-state index contributed by atoms with van der Waals surface area (Å²) in [5.41, 5.74) is 0.186. The molecular formula is C11H16N4O2S. The highest BCUT2D eigenvalue weighted by molar-refractivity contribution is 7.71. The van der Waals surface area contributed by atoms with E-state index in [2.05, 4.69) is 16.9 Å². The third kappa shape index (κ3) is 2.05. The van der Waals surface area contributed by atoms with Crippen molar-refractivity contribution in [2.75, 3.05) is 0 Å². The normalized spacial score (nSPS) is 11.2. The Morgan fingerprint density at radius 2 is 1.94 bits per heavy atom. The van der Waals surface area contributed by atoms with Gasteiger partial charge in [0.25, 0.3) is 5.56 Å². The van der Waals surface area contributed by atoms with Gasteiger partial charge in [-0.05, 0) is 18.6 Å². The Kier molecular flexibility index (Phi) is 3.51. The molecule has 0 amide bonds. The Hall–Kier alpha value is -1.63. The lowest BCUT2D eigenvalue weighted by atomic mass is 10.2. The maximum Gasteiger partial charge on any atom is 0.332 e. The third-order valence-electron chi connectivity index (χ3n) is 3.00. The molecule has 7 heteroatoms. The van der Waals surface area contributed by atoms with E-state index in [1.54, 1.807) is 4.57 Å². The quantitative estimate of drug-likeness (QED) is 0.648. The molecule has 0 spiro atoms. The first-order valence-corrected chi connectivity index (χ1v) is 6.39. The number of aryl methyl sites for hydroxylation is 1. The SMILES string of the molecule is CCCCCn1c(=O)n(C)c(=O)c2[nH]c(=S)[nH]c21. The maximum atomic E-state index is 12.1. The van der Waals surface area contributed by atoms with Crippen LogP contribution in [-0.4, -0.2) is 19.1 Å². The number of nitrogens with zero attached hydrogens (tertiary/aromatic N) is 2. The average Bonchev–Trinajstić information content (AvgIpc) is 2.73. The fraction of sp³-hybridized carbons (Fsp3) is 0.545. The van der Waals surface area contributed by atoms with Gasteiger partial charge in [0, 0.05) is 13.6 Å². The number of hydrogen-bond donors (Lipinski definition) is 2. The van der Waals surface area contributed by atoms with E-state index >= 15 is 0 Å². The Morgan fingerprint density at radius 1 is 1.22 bits per heavy atom. The van der Waals surface area contributed by atoms with Crippen molar-refractivity contribution in [3.63, 3.8) is 0 Å². The molecule has 0 aliphatic heterocycles. The highest BCUT2D eigenvalue weighted by Gasteiger charge is 2.12. The van der Waals surface area contributed by atoms with Crippen molar-refractivity contribution in [1.29, 1.82) is 0 Å². The summed E-state index contributed by atoms with van der Waals surface area (Å²) < 4.78 is 3.03. The third-order valence-corrected chi connectivity index (χ3v) is 3.20. The van der Waals surface area contributed by atoms with Crippen LogP contribution in [-0.2, 0) is 13.6 Å². The molecule has 0 atom stereocenters. The summed E-state index contributed by atoms with van der Waals surface area (Å²) in [6.45, 7) is 2.68. The molecule has 98 valence electrons. The van der Waals surface area contributed by atoms with E-state index in [0.29, 0.717) is 22.5 Å². The molecule has 0 unspecified atom stereocenters. The Balaban J connectivity index is 2.67. The van der Waals surface area contributed by atoms with Crippen LogP contribution in [0.15, 0.2) is 9.59 Å². The van der Waals surface area contributed by atoms with Crippen molar-refractivity contribution in [3.05, 3.63) is 25.6 Å². The number of H-pyrrole nitrogens is 2. The minimum atomic E-state index is -0.353. The van der Waals surface area contributed by atoms with Crippen LogP contribution < -0.4 is 11.2 Å². The monoisotopic (exact) mass is 268 g/mol. The Bertz CT molecular complexity index is 734. The van der Waals surface area contributed by atoms with Gasteiger partial charge in [-0.25, -0.2) is 4.79 Å². The van der Waals surface area contributed by atoms with Crippen LogP contribution >= 0.6 is 12.2 Å². The minimum absolute atomic E-state index is 0.311. The lowest BCUT2D eigenvalue weighted by Gasteiger charge is -2.08. The zero-order valence-electron chi connectivity index (χ0n) is 10.4. The van der Waals surface area contributed by atoms with Gasteiger partial charge in [-0.15, -0.1) is 0 Å². The fourth-order valence-corrected chi connectivity index (χ4v) is 2.19. The molecule has 2 heterocycles. The topological polar surface area (TPSA) is 75.6 Å². The number of unbranched alkanes of at least 4 members (excludes halogenated alkanes) is 2. The van der Waals surface area contributed by atoms with Gasteiger partial charge < -0.3 is 9.97 Å². The summed E-state index contributed by atoms with van der Waals surface area (Å²) in [6.07, 6.45) is 3.02. The summed E-state index contributed by atoms with van der Waals surface area (Å²) in [5, 5.41) is 0. The molecule has 2 N–H and O–H groups in total. The largest absolute Gasteiger partial charge is 0.332 e. The molecule has 0 bridgehead atoms. The number of hydrogen-bond acceptors (Lipinski definition) is 3. The van der Waals surface area contributed by atoms with E-state index in [1.807, 2.05) is 0 Å². The molecule has 0 aliphatic carbocycles. The van der Waals surface area contributed by atoms with Gasteiger partial charge in [0.1, 0.15) is 11.2 Å². The summed E-state index contributed by atoms with van der Waals surface area (Å²) >= 11 is 4.98. The van der Waals surface area contributed by atoms with Crippen LogP contribution in [0.5, 0.6) is 0 Å². The van der Waals surface area contributed by atoms with Gasteiger partial charge in [0.2, 0.25) is 0 Å². The highest BCUT2D eigenvalue weighted by Crippen LogP contribution is 2.05. The molecule has 6 nitrogen and oxygen atoms in total. The van der Waals surface area contributed by atoms with Crippen molar-refractivity contribution in [2.24, 2.45) is 7.05 Å². The fourth-order valence-electron chi connectivity index (χ4n) is 1.99. The molecule has 2 aromatic rings. The van der Waals surface area contributed by atoms with Crippen LogP contribution in [0.2, 0.25) is 0 Å². The molecule has 2 rings (SSSR count). The van der Waals surface area contributed by atoms with Crippen molar-refractivity contribution in [2.45, 2.75) is 32.7 Å². The first-order chi connectivity index (χ1) is 8.56. The molecule has 0 aromatic carbocycles. The van der Waals surface area contributed by atoms with Crippen molar-refractivity contribution >= 4 is 23.4 Å². The van der Waals surface area contributed by atoms with E-state index in [4.69, 9.17) is 12.2 Å². The molecule has 0 saturated heterocycles. The number of imidazole rings is 1. The first kappa shape index (κ1) is 12.8. The van der Waals surface area contributed by atoms with Crippen molar-refractivity contribution in [3.8, 4) is 0 Å². The van der Waals surface area contributed by atoms with E-state index < -0.39 is 0 Å². The van der Waals surface area contributed by atoms with E-state index in [9.17, 15) is 9.59 Å². The van der Waals surface area contributed by atoms with E-state index in [-0.39, 0.29) is 11.2 Å². The van der Waals surface area contributed by atoms with Gasteiger partial charge >= 0.3 is 5.69 Å². The molecule has 0 fully saturated rings. The second-order valence-electron chi connectivity index (χ2n) is 4.31. The molecule has 0 radical (unpaired) electrons. The lowest BCUT2D eigenvalue weighted by molar-refractivity contribution is 0.566. The highest BCUT2D eigenvalue weighted by atomic mass is 32.1. The van der Waals surface area contributed by atoms with Crippen LogP contribution in [0.4, 0.5) is 0 Å². The van der Waals surface area contributed by atoms with Crippen molar-refractivity contribution < 1.29 is 0 Å². The zero-order chi connectivity index (χ0) is 13.3. The zero-order valence-corrected chi connectivity index (χ0v) is 11.3. The first-order valence-electron chi connectivity index (χ1n) is 5.98. The summed E-state index contributed by atoms with van der Waals surface area (Å²) in [4.78, 5) is 29.6. The molecule has 0 aliphatic rings. The van der Waals surface area contributed by atoms with Gasteiger partial charge in [0.15, 0.2) is 4.77 Å². The standard InChI is InChI=1S/C11H16N4O2S/c1-3-4-5-6-15-8-7(12-10(18)13-8)9(16)14(2)11(15)17/h3-6H2,1-2H3,(H2,12,13,18). The van der Waals surface area contributed by atoms with Gasteiger partial charge in [-0.2, -0.15) is 0 Å². The van der Waals surface area contributed by atoms with Crippen LogP contribution in [0.25, 0.3) is 11.2 Å². The molecule has 2 aromatic heterocycles. The summed E-state index contributed by atoms with van der Waals surface area (Å²) in [5.74, 6) is 0. The Morgan fingerprint density at radius 3 is 2.61 bits per heavy atom. The van der Waals surface area contributed by atoms with Gasteiger partial charge in [-0.1, -0.05) is 19.8 Å². The Labute approximate surface area is 108 Å². The maximum absolute atomic E-state index is 12.1. The van der Waals surface area contributed by atoms with Crippen LogP contribution in [0.1, 0.15) is 26.2 Å². The predicted octanol–water partition coefficient (Wildman–Crippen LogP) is 1.28. The van der Waals surface area contributed by atoms with E-state index in [1.165, 1.54) is 7.05 Å². The molecule has 0 saturated carbocycles. The van der Waals surface area contributed by atoms with E-state index in [0.717, 1.165) is 23.8 Å². The second kappa shape index (κ2) is 4.93. The van der Waals surface area contributed by atoms with Crippen LogP contribution in [0.3, 0.4) is 0 Å². The molecule has 18 heavy (non-hydrogen) atoms. The number of aromatic nitrogens is 4. The van der Waals surface area contributed by atoms with Gasteiger partial charge in [0.05, 0.1) is 0 Å². The number of rotatable bonds is 4. The lowest BCUT2D eigenvalue weighted by Crippen LogP contribution is -2.38. The summed E-state index contributed by atoms with van der Waals surface area (Å²) in [7, 11) is 1.48. The second-order valence-corrected chi connectivity index (χ2v) is 4.72. The number of aromatic amines is 2. The smallest absolute Gasteiger partial charge is 0.325 e. The number of fused-ring (bicyclic) bond motifs is 1. The van der Waals surface area contributed by atoms with Gasteiger partial charge in [-0.3, -0.25) is 13.9 Å². The van der Waals surface area contributed by atoms with Crippen molar-refractivity contribution in [1.82, 2.24) is 19.1 Å². The predicted molar refractivity (Wildman–Crippen MR) is 72.5 cm³/mol. The minimum Gasteiger partial charge on any atom is -0.325 e. The number of nitrogens with one attached hydrogen (secondary N) is 2. The van der Waals surface area contributed by atoms with Crippen LogP contribution in [0, 0.1) is 4.77 Å².